The van der Waals surface area contributed by atoms with Crippen molar-refractivity contribution in [2.45, 2.75) is 19.6 Å². The van der Waals surface area contributed by atoms with Crippen LogP contribution in [0.4, 0.5) is 13.2 Å². The number of carbonyl (C=O) groups excluding carboxylic acids is 1. The predicted octanol–water partition coefficient (Wildman–Crippen LogP) is 4.68. The number of hydrogen-bond acceptors (Lipinski definition) is 6. The average Bonchev–Trinajstić information content (AvgIpc) is 3.24. The maximum atomic E-state index is 13.9. The molecule has 6 nitrogen and oxygen atoms in total. The molecule has 198 valence electrons. The maximum Gasteiger partial charge on any atom is 0.387 e. The molecule has 0 amide bonds. The van der Waals surface area contributed by atoms with Gasteiger partial charge in [0.15, 0.2) is 4.80 Å². The standard InChI is InChI=1S/C29H21F3N2O4S/c1-2-37-27(36)23-24(17-8-4-3-5-9-17)33-29-34(25(23)18-12-14-20(30)15-13-18)26(35)22(39-29)16-19-10-6-7-11-21(19)38-28(31)32/h3-16,25,28H,2H2,1H3/b22-16+/t25-/m0/s1. The van der Waals surface area contributed by atoms with Gasteiger partial charge < -0.3 is 9.47 Å². The molecule has 39 heavy (non-hydrogen) atoms. The van der Waals surface area contributed by atoms with Crippen LogP contribution in [0.25, 0.3) is 11.8 Å². The van der Waals surface area contributed by atoms with Gasteiger partial charge in [-0.15, -0.1) is 0 Å². The third-order valence-electron chi connectivity index (χ3n) is 5.98. The Labute approximate surface area is 224 Å². The lowest BCUT2D eigenvalue weighted by molar-refractivity contribution is -0.138. The average molecular weight is 551 g/mol. The van der Waals surface area contributed by atoms with E-state index in [0.29, 0.717) is 16.8 Å². The highest BCUT2D eigenvalue weighted by Gasteiger charge is 2.35. The Kier molecular flexibility index (Phi) is 7.47. The first kappa shape index (κ1) is 26.2. The van der Waals surface area contributed by atoms with Crippen molar-refractivity contribution in [2.75, 3.05) is 6.61 Å². The highest BCUT2D eigenvalue weighted by atomic mass is 32.1. The summed E-state index contributed by atoms with van der Waals surface area (Å²) in [6, 6.07) is 19.6. The Morgan fingerprint density at radius 3 is 2.44 bits per heavy atom. The number of halogens is 3. The van der Waals surface area contributed by atoms with Gasteiger partial charge >= 0.3 is 12.6 Å². The molecule has 3 aromatic carbocycles. The van der Waals surface area contributed by atoms with E-state index in [-0.39, 0.29) is 32.8 Å². The molecule has 0 saturated carbocycles. The van der Waals surface area contributed by atoms with E-state index in [0.717, 1.165) is 11.3 Å². The van der Waals surface area contributed by atoms with Crippen LogP contribution >= 0.6 is 11.3 Å². The van der Waals surface area contributed by atoms with Gasteiger partial charge in [-0.05, 0) is 36.8 Å². The third kappa shape index (κ3) is 5.28. The molecule has 1 aliphatic rings. The van der Waals surface area contributed by atoms with Gasteiger partial charge in [0.1, 0.15) is 11.6 Å². The summed E-state index contributed by atoms with van der Waals surface area (Å²) < 4.78 is 51.3. The number of fused-ring (bicyclic) bond motifs is 1. The Hall–Kier alpha value is -4.44. The van der Waals surface area contributed by atoms with Gasteiger partial charge in [0.05, 0.1) is 28.5 Å². The first-order valence-corrected chi connectivity index (χ1v) is 12.8. The van der Waals surface area contributed by atoms with Crippen molar-refractivity contribution >= 4 is 29.1 Å². The molecule has 2 heterocycles. The molecule has 0 unspecified atom stereocenters. The molecule has 1 aliphatic heterocycles. The smallest absolute Gasteiger partial charge is 0.387 e. The number of esters is 1. The van der Waals surface area contributed by atoms with Crippen LogP contribution in [-0.2, 0) is 9.53 Å². The van der Waals surface area contributed by atoms with Crippen molar-refractivity contribution in [3.63, 3.8) is 0 Å². The van der Waals surface area contributed by atoms with Crippen LogP contribution in [0.1, 0.15) is 29.7 Å². The highest BCUT2D eigenvalue weighted by molar-refractivity contribution is 7.07. The molecular formula is C29H21F3N2O4S. The molecule has 1 aromatic heterocycles. The van der Waals surface area contributed by atoms with Gasteiger partial charge in [-0.25, -0.2) is 14.2 Å². The second kappa shape index (κ2) is 11.1. The van der Waals surface area contributed by atoms with E-state index in [2.05, 4.69) is 4.74 Å². The Morgan fingerprint density at radius 1 is 1.05 bits per heavy atom. The minimum atomic E-state index is -3.04. The first-order chi connectivity index (χ1) is 18.9. The summed E-state index contributed by atoms with van der Waals surface area (Å²) in [6.45, 7) is -1.28. The van der Waals surface area contributed by atoms with Crippen LogP contribution in [0.2, 0.25) is 0 Å². The zero-order chi connectivity index (χ0) is 27.5. The fraction of sp³-hybridized carbons (Fsp3) is 0.138. The predicted molar refractivity (Wildman–Crippen MR) is 141 cm³/mol. The minimum absolute atomic E-state index is 0.0892. The molecule has 0 bridgehead atoms. The second-order valence-electron chi connectivity index (χ2n) is 8.40. The normalized spacial score (nSPS) is 15.2. The summed E-state index contributed by atoms with van der Waals surface area (Å²) in [7, 11) is 0. The van der Waals surface area contributed by atoms with Crippen LogP contribution in [0.3, 0.4) is 0 Å². The lowest BCUT2D eigenvalue weighted by Crippen LogP contribution is -2.40. The third-order valence-corrected chi connectivity index (χ3v) is 6.96. The lowest BCUT2D eigenvalue weighted by atomic mass is 9.93. The van der Waals surface area contributed by atoms with Gasteiger partial charge in [-0.1, -0.05) is 72.0 Å². The van der Waals surface area contributed by atoms with E-state index in [1.807, 2.05) is 6.07 Å². The molecule has 0 radical (unpaired) electrons. The van der Waals surface area contributed by atoms with Crippen molar-refractivity contribution in [3.05, 3.63) is 127 Å². The number of hydrogen-bond donors (Lipinski definition) is 0. The van der Waals surface area contributed by atoms with Crippen LogP contribution in [0, 0.1) is 5.82 Å². The van der Waals surface area contributed by atoms with Crippen molar-refractivity contribution in [2.24, 2.45) is 4.99 Å². The second-order valence-corrected chi connectivity index (χ2v) is 9.41. The van der Waals surface area contributed by atoms with E-state index in [9.17, 15) is 22.8 Å². The summed E-state index contributed by atoms with van der Waals surface area (Å²) >= 11 is 1.04. The number of carbonyl (C=O) groups is 1. The van der Waals surface area contributed by atoms with E-state index in [1.54, 1.807) is 49.4 Å². The van der Waals surface area contributed by atoms with Crippen molar-refractivity contribution < 1.29 is 27.4 Å². The maximum absolute atomic E-state index is 13.9. The van der Waals surface area contributed by atoms with E-state index in [4.69, 9.17) is 9.73 Å². The Balaban J connectivity index is 1.80. The summed E-state index contributed by atoms with van der Waals surface area (Å²) in [5.41, 5.74) is 1.30. The van der Waals surface area contributed by atoms with E-state index >= 15 is 0 Å². The fourth-order valence-corrected chi connectivity index (χ4v) is 5.34. The van der Waals surface area contributed by atoms with Crippen LogP contribution in [0.5, 0.6) is 5.75 Å². The van der Waals surface area contributed by atoms with Crippen LogP contribution < -0.4 is 19.6 Å². The number of alkyl halides is 2. The Morgan fingerprint density at radius 2 is 1.74 bits per heavy atom. The molecule has 4 aromatic rings. The summed E-state index contributed by atoms with van der Waals surface area (Å²) in [5, 5.41) is 0. The quantitative estimate of drug-likeness (QED) is 0.314. The molecule has 0 fully saturated rings. The number of rotatable bonds is 7. The summed E-state index contributed by atoms with van der Waals surface area (Å²) in [4.78, 5) is 32.2. The van der Waals surface area contributed by atoms with Gasteiger partial charge in [0.25, 0.3) is 5.56 Å². The van der Waals surface area contributed by atoms with Crippen molar-refractivity contribution in [1.82, 2.24) is 4.57 Å². The van der Waals surface area contributed by atoms with Gasteiger partial charge in [0, 0.05) is 11.1 Å². The van der Waals surface area contributed by atoms with Crippen LogP contribution in [-0.4, -0.2) is 23.8 Å². The van der Waals surface area contributed by atoms with E-state index in [1.165, 1.54) is 41.0 Å². The van der Waals surface area contributed by atoms with Crippen molar-refractivity contribution in [3.8, 4) is 5.75 Å². The first-order valence-electron chi connectivity index (χ1n) is 11.9. The molecule has 5 rings (SSSR count). The molecule has 10 heteroatoms. The van der Waals surface area contributed by atoms with Gasteiger partial charge in [0.2, 0.25) is 0 Å². The zero-order valence-corrected chi connectivity index (χ0v) is 21.3. The van der Waals surface area contributed by atoms with Gasteiger partial charge in [-0.3, -0.25) is 9.36 Å². The van der Waals surface area contributed by atoms with Gasteiger partial charge in [-0.2, -0.15) is 8.78 Å². The summed E-state index contributed by atoms with van der Waals surface area (Å²) in [6.07, 6.45) is 1.44. The molecule has 1 atom stereocenters. The molecule has 0 aliphatic carbocycles. The summed E-state index contributed by atoms with van der Waals surface area (Å²) in [5.74, 6) is -1.24. The number of ether oxygens (including phenoxy) is 2. The SMILES string of the molecule is CCOC(=O)C1=C(c2ccccc2)N=c2s/c(=C/c3ccccc3OC(F)F)c(=O)n2[C@H]1c1ccc(F)cc1. The fourth-order valence-electron chi connectivity index (χ4n) is 4.35. The molecule has 0 spiro atoms. The number of thiazole rings is 1. The zero-order valence-electron chi connectivity index (χ0n) is 20.5. The van der Waals surface area contributed by atoms with E-state index < -0.39 is 30.0 Å². The monoisotopic (exact) mass is 550 g/mol. The molecular weight excluding hydrogens is 529 g/mol. The van der Waals surface area contributed by atoms with Crippen LogP contribution in [0.15, 0.2) is 94.2 Å². The number of benzene rings is 3. The number of para-hydroxylation sites is 1. The highest BCUT2D eigenvalue weighted by Crippen LogP contribution is 2.35. The number of nitrogens with zero attached hydrogens (tertiary/aromatic N) is 2. The number of aromatic nitrogens is 1. The largest absolute Gasteiger partial charge is 0.463 e. The Bertz CT molecular complexity index is 1730. The molecule has 0 saturated heterocycles. The van der Waals surface area contributed by atoms with Crippen molar-refractivity contribution in [1.29, 1.82) is 0 Å². The lowest BCUT2D eigenvalue weighted by Gasteiger charge is -2.25. The molecule has 0 N–H and O–H groups in total. The topological polar surface area (TPSA) is 69.9 Å². The minimum Gasteiger partial charge on any atom is -0.463 e.